The summed E-state index contributed by atoms with van der Waals surface area (Å²) in [5.41, 5.74) is 3.58. The minimum Gasteiger partial charge on any atom is -0.327 e. The number of rotatable bonds is 4. The second-order valence-corrected chi connectivity index (χ2v) is 6.10. The summed E-state index contributed by atoms with van der Waals surface area (Å²) in [7, 11) is 0. The fraction of sp³-hybridized carbons (Fsp3) is 0.467. The van der Waals surface area contributed by atoms with Crippen LogP contribution < -0.4 is 10.3 Å². The zero-order valence-corrected chi connectivity index (χ0v) is 13.2. The highest BCUT2D eigenvalue weighted by atomic mass is 79.9. The molecule has 2 rings (SSSR count). The zero-order chi connectivity index (χ0) is 14.2. The Morgan fingerprint density at radius 1 is 1.20 bits per heavy atom. The molecule has 0 atom stereocenters. The Hall–Kier alpha value is -1.20. The maximum atomic E-state index is 11.8. The summed E-state index contributed by atoms with van der Waals surface area (Å²) < 4.78 is 1.03. The van der Waals surface area contributed by atoms with E-state index in [1.807, 2.05) is 24.3 Å². The van der Waals surface area contributed by atoms with E-state index < -0.39 is 0 Å². The number of nitrogens with one attached hydrogen (secondary N) is 2. The lowest BCUT2D eigenvalue weighted by atomic mass is 10.2. The maximum Gasteiger partial charge on any atom is 0.295 e. The molecule has 20 heavy (non-hydrogen) atoms. The van der Waals surface area contributed by atoms with Crippen LogP contribution in [0.1, 0.15) is 31.2 Å². The maximum absolute atomic E-state index is 11.8. The van der Waals surface area contributed by atoms with Gasteiger partial charge in [-0.1, -0.05) is 28.1 Å². The summed E-state index contributed by atoms with van der Waals surface area (Å²) in [6, 6.07) is 7.79. The number of hydrogen-bond acceptors (Lipinski definition) is 2. The molecule has 2 N–H and O–H groups in total. The van der Waals surface area contributed by atoms with Crippen LogP contribution in [0.25, 0.3) is 0 Å². The molecule has 0 bridgehead atoms. The van der Waals surface area contributed by atoms with E-state index in [4.69, 9.17) is 0 Å². The Balaban J connectivity index is 1.75. The van der Waals surface area contributed by atoms with E-state index in [-0.39, 0.29) is 5.91 Å². The van der Waals surface area contributed by atoms with Crippen molar-refractivity contribution in [3.05, 3.63) is 34.3 Å². The number of quaternary nitrogens is 1. The quantitative estimate of drug-likeness (QED) is 0.632. The fourth-order valence-corrected chi connectivity index (χ4v) is 2.66. The molecule has 1 aromatic rings. The number of halogens is 1. The van der Waals surface area contributed by atoms with Crippen molar-refractivity contribution in [3.8, 4) is 0 Å². The van der Waals surface area contributed by atoms with Crippen LogP contribution in [0.5, 0.6) is 0 Å². The molecule has 108 valence electrons. The van der Waals surface area contributed by atoms with Gasteiger partial charge in [-0.3, -0.25) is 4.79 Å². The largest absolute Gasteiger partial charge is 0.327 e. The van der Waals surface area contributed by atoms with Crippen LogP contribution in [-0.4, -0.2) is 31.8 Å². The Bertz CT molecular complexity index is 451. The molecule has 1 heterocycles. The fourth-order valence-electron chi connectivity index (χ4n) is 2.40. The Kier molecular flexibility index (Phi) is 6.21. The van der Waals surface area contributed by atoms with Crippen molar-refractivity contribution < 1.29 is 9.69 Å². The molecule has 0 saturated carbocycles. The molecule has 1 aromatic carbocycles. The van der Waals surface area contributed by atoms with E-state index in [9.17, 15) is 4.79 Å². The van der Waals surface area contributed by atoms with E-state index in [1.54, 1.807) is 6.21 Å². The number of hydrogen-bond donors (Lipinski definition) is 2. The van der Waals surface area contributed by atoms with Crippen molar-refractivity contribution >= 4 is 28.1 Å². The highest BCUT2D eigenvalue weighted by Gasteiger charge is 2.15. The summed E-state index contributed by atoms with van der Waals surface area (Å²) in [5.74, 6) is -0.00439. The number of hydrazone groups is 1. The van der Waals surface area contributed by atoms with Crippen LogP contribution in [-0.2, 0) is 4.79 Å². The lowest BCUT2D eigenvalue weighted by molar-refractivity contribution is -0.891. The van der Waals surface area contributed by atoms with E-state index >= 15 is 0 Å². The molecule has 1 aliphatic rings. The number of nitrogens with zero attached hydrogens (tertiary/aromatic N) is 1. The smallest absolute Gasteiger partial charge is 0.295 e. The molecule has 5 heteroatoms. The van der Waals surface area contributed by atoms with Gasteiger partial charge in [0.1, 0.15) is 0 Å². The molecule has 1 amide bonds. The van der Waals surface area contributed by atoms with Crippen LogP contribution in [0.2, 0.25) is 0 Å². The summed E-state index contributed by atoms with van der Waals surface area (Å²) in [6.07, 6.45) is 6.72. The van der Waals surface area contributed by atoms with Gasteiger partial charge in [-0.05, 0) is 43.4 Å². The Morgan fingerprint density at radius 2 is 1.85 bits per heavy atom. The van der Waals surface area contributed by atoms with E-state index in [2.05, 4.69) is 26.5 Å². The second-order valence-electron chi connectivity index (χ2n) is 5.19. The summed E-state index contributed by atoms with van der Waals surface area (Å²) in [6.45, 7) is 2.73. The van der Waals surface area contributed by atoms with Gasteiger partial charge in [0.2, 0.25) is 0 Å². The molecule has 0 radical (unpaired) electrons. The number of likely N-dealkylation sites (tertiary alicyclic amines) is 1. The van der Waals surface area contributed by atoms with Crippen LogP contribution in [0.3, 0.4) is 0 Å². The molecular weight excluding hydrogens is 318 g/mol. The zero-order valence-electron chi connectivity index (χ0n) is 11.6. The molecule has 1 aliphatic heterocycles. The van der Waals surface area contributed by atoms with Crippen LogP contribution in [0.4, 0.5) is 0 Å². The molecule has 0 aromatic heterocycles. The van der Waals surface area contributed by atoms with Crippen molar-refractivity contribution in [2.45, 2.75) is 25.7 Å². The first-order chi connectivity index (χ1) is 9.74. The van der Waals surface area contributed by atoms with Gasteiger partial charge in [0, 0.05) is 4.47 Å². The topological polar surface area (TPSA) is 45.9 Å². The van der Waals surface area contributed by atoms with E-state index in [0.29, 0.717) is 6.54 Å². The minimum atomic E-state index is -0.00439. The lowest BCUT2D eigenvalue weighted by Crippen LogP contribution is -3.13. The van der Waals surface area contributed by atoms with Crippen molar-refractivity contribution in [2.24, 2.45) is 5.10 Å². The third-order valence-corrected chi connectivity index (χ3v) is 4.02. The molecular formula is C15H21BrN3O+. The van der Waals surface area contributed by atoms with Crippen LogP contribution in [0, 0.1) is 0 Å². The van der Waals surface area contributed by atoms with Gasteiger partial charge in [0.25, 0.3) is 5.91 Å². The third-order valence-electron chi connectivity index (χ3n) is 3.49. The number of amides is 1. The van der Waals surface area contributed by atoms with Crippen molar-refractivity contribution in [2.75, 3.05) is 19.6 Å². The van der Waals surface area contributed by atoms with E-state index in [1.165, 1.54) is 30.6 Å². The molecule has 1 fully saturated rings. The van der Waals surface area contributed by atoms with Crippen LogP contribution in [0.15, 0.2) is 33.8 Å². The SMILES string of the molecule is O=C(C[NH+]1CCCCCC1)N/N=C\c1ccc(Br)cc1. The second kappa shape index (κ2) is 8.17. The molecule has 4 nitrogen and oxygen atoms in total. The molecule has 0 spiro atoms. The summed E-state index contributed by atoms with van der Waals surface area (Å²) in [5, 5.41) is 4.01. The number of benzene rings is 1. The number of carbonyl (C=O) groups excluding carboxylic acids is 1. The molecule has 0 unspecified atom stereocenters. The third kappa shape index (κ3) is 5.43. The predicted molar refractivity (Wildman–Crippen MR) is 83.9 cm³/mol. The van der Waals surface area contributed by atoms with Gasteiger partial charge in [0.05, 0.1) is 19.3 Å². The average molecular weight is 339 g/mol. The van der Waals surface area contributed by atoms with Gasteiger partial charge in [-0.15, -0.1) is 0 Å². The number of carbonyl (C=O) groups is 1. The highest BCUT2D eigenvalue weighted by molar-refractivity contribution is 9.10. The Morgan fingerprint density at radius 3 is 2.50 bits per heavy atom. The normalized spacial score (nSPS) is 17.1. The molecule has 0 aliphatic carbocycles. The molecule has 1 saturated heterocycles. The monoisotopic (exact) mass is 338 g/mol. The van der Waals surface area contributed by atoms with Crippen LogP contribution >= 0.6 is 15.9 Å². The van der Waals surface area contributed by atoms with E-state index in [0.717, 1.165) is 23.1 Å². The van der Waals surface area contributed by atoms with Crippen molar-refractivity contribution in [1.82, 2.24) is 5.43 Å². The first-order valence-corrected chi connectivity index (χ1v) is 7.94. The summed E-state index contributed by atoms with van der Waals surface area (Å²) in [4.78, 5) is 13.2. The van der Waals surface area contributed by atoms with Gasteiger partial charge in [0.15, 0.2) is 6.54 Å². The summed E-state index contributed by atoms with van der Waals surface area (Å²) >= 11 is 3.38. The van der Waals surface area contributed by atoms with Crippen molar-refractivity contribution in [1.29, 1.82) is 0 Å². The standard InChI is InChI=1S/C15H20BrN3O/c16-14-7-5-13(6-8-14)11-17-18-15(20)12-19-9-3-1-2-4-10-19/h5-8,11H,1-4,9-10,12H2,(H,18,20)/p+1/b17-11-. The minimum absolute atomic E-state index is 0.00439. The lowest BCUT2D eigenvalue weighted by Gasteiger charge is -2.15. The first-order valence-electron chi connectivity index (χ1n) is 7.15. The highest BCUT2D eigenvalue weighted by Crippen LogP contribution is 2.08. The predicted octanol–water partition coefficient (Wildman–Crippen LogP) is 1.36. The Labute approximate surface area is 128 Å². The van der Waals surface area contributed by atoms with Gasteiger partial charge >= 0.3 is 0 Å². The van der Waals surface area contributed by atoms with Gasteiger partial charge in [-0.2, -0.15) is 5.10 Å². The van der Waals surface area contributed by atoms with Crippen molar-refractivity contribution in [3.63, 3.8) is 0 Å². The first kappa shape index (κ1) is 15.2. The average Bonchev–Trinajstić information content (AvgIpc) is 2.70. The van der Waals surface area contributed by atoms with Gasteiger partial charge < -0.3 is 4.90 Å². The van der Waals surface area contributed by atoms with Gasteiger partial charge in [-0.25, -0.2) is 5.43 Å².